The van der Waals surface area contributed by atoms with Gasteiger partial charge >= 0.3 is 0 Å². The Morgan fingerprint density at radius 1 is 1.44 bits per heavy atom. The van der Waals surface area contributed by atoms with E-state index in [0.717, 1.165) is 6.42 Å². The molecule has 0 aromatic carbocycles. The van der Waals surface area contributed by atoms with Gasteiger partial charge in [0.2, 0.25) is 3.42 Å². The minimum atomic E-state index is -0.625. The predicted molar refractivity (Wildman–Crippen MR) is 68.2 cm³/mol. The fourth-order valence-corrected chi connectivity index (χ4v) is 1.21. The lowest BCUT2D eigenvalue weighted by molar-refractivity contribution is 0.0474. The van der Waals surface area contributed by atoms with Gasteiger partial charge in [0.1, 0.15) is 0 Å². The summed E-state index contributed by atoms with van der Waals surface area (Å²) in [6.07, 6.45) is 2.37. The second-order valence-electron chi connectivity index (χ2n) is 2.95. The van der Waals surface area contributed by atoms with Crippen LogP contribution in [0.4, 0.5) is 0 Å². The molecule has 0 bridgehead atoms. The Balaban J connectivity index is 2.78. The minimum absolute atomic E-state index is 0.158. The summed E-state index contributed by atoms with van der Waals surface area (Å²) < 4.78 is 15.1. The molecule has 16 heavy (non-hydrogen) atoms. The standard InChI is InChI=1S/C10H13Br2NO3/c1-3-10(11,12)16-9-8(15-7-14-2)5-4-6-13-9/h4-6H,3,7H2,1-2H3. The zero-order valence-corrected chi connectivity index (χ0v) is 12.2. The number of nitrogens with zero attached hydrogens (tertiary/aromatic N) is 1. The second kappa shape index (κ2) is 6.42. The fourth-order valence-electron chi connectivity index (χ4n) is 0.899. The molecule has 6 heteroatoms. The van der Waals surface area contributed by atoms with Gasteiger partial charge in [-0.15, -0.1) is 0 Å². The minimum Gasteiger partial charge on any atom is -0.462 e. The van der Waals surface area contributed by atoms with Crippen molar-refractivity contribution in [3.63, 3.8) is 0 Å². The first kappa shape index (κ1) is 13.7. The van der Waals surface area contributed by atoms with E-state index in [1.807, 2.05) is 6.92 Å². The lowest BCUT2D eigenvalue weighted by Gasteiger charge is -2.21. The van der Waals surface area contributed by atoms with E-state index in [1.54, 1.807) is 25.4 Å². The number of alkyl halides is 2. The van der Waals surface area contributed by atoms with Crippen molar-refractivity contribution in [2.24, 2.45) is 0 Å². The average molecular weight is 355 g/mol. The van der Waals surface area contributed by atoms with E-state index in [4.69, 9.17) is 14.2 Å². The Morgan fingerprint density at radius 2 is 2.19 bits per heavy atom. The van der Waals surface area contributed by atoms with E-state index in [-0.39, 0.29) is 6.79 Å². The topological polar surface area (TPSA) is 40.6 Å². The number of methoxy groups -OCH3 is 1. The highest BCUT2D eigenvalue weighted by Gasteiger charge is 2.24. The van der Waals surface area contributed by atoms with E-state index in [9.17, 15) is 0 Å². The first-order valence-electron chi connectivity index (χ1n) is 4.72. The number of pyridine rings is 1. The van der Waals surface area contributed by atoms with Gasteiger partial charge in [0.25, 0.3) is 5.88 Å². The summed E-state index contributed by atoms with van der Waals surface area (Å²) in [5.41, 5.74) is 0. The van der Waals surface area contributed by atoms with Gasteiger partial charge in [-0.1, -0.05) is 6.92 Å². The van der Waals surface area contributed by atoms with Crippen molar-refractivity contribution >= 4 is 31.9 Å². The molecule has 0 atom stereocenters. The van der Waals surface area contributed by atoms with Crippen LogP contribution in [0.2, 0.25) is 0 Å². The predicted octanol–water partition coefficient (Wildman–Crippen LogP) is 3.30. The van der Waals surface area contributed by atoms with Gasteiger partial charge in [0, 0.05) is 19.7 Å². The smallest absolute Gasteiger partial charge is 0.259 e. The van der Waals surface area contributed by atoms with Gasteiger partial charge in [-0.05, 0) is 44.0 Å². The number of rotatable bonds is 6. The van der Waals surface area contributed by atoms with E-state index in [2.05, 4.69) is 36.8 Å². The van der Waals surface area contributed by atoms with Gasteiger partial charge in [-0.2, -0.15) is 0 Å². The zero-order valence-electron chi connectivity index (χ0n) is 9.07. The molecule has 0 N–H and O–H groups in total. The molecule has 1 aromatic rings. The highest BCUT2D eigenvalue weighted by Crippen LogP contribution is 2.36. The SMILES string of the molecule is CCC(Br)(Br)Oc1ncccc1OCOC. The lowest BCUT2D eigenvalue weighted by Crippen LogP contribution is -2.20. The van der Waals surface area contributed by atoms with Crippen LogP contribution in [0.3, 0.4) is 0 Å². The fraction of sp³-hybridized carbons (Fsp3) is 0.500. The zero-order chi connectivity index (χ0) is 12.0. The Hall–Kier alpha value is -0.330. The maximum absolute atomic E-state index is 5.62. The van der Waals surface area contributed by atoms with Crippen molar-refractivity contribution in [1.82, 2.24) is 4.98 Å². The molecular weight excluding hydrogens is 342 g/mol. The summed E-state index contributed by atoms with van der Waals surface area (Å²) in [6, 6.07) is 3.54. The highest BCUT2D eigenvalue weighted by atomic mass is 79.9. The molecule has 1 rings (SSSR count). The van der Waals surface area contributed by atoms with E-state index < -0.39 is 3.42 Å². The molecule has 4 nitrogen and oxygen atoms in total. The largest absolute Gasteiger partial charge is 0.462 e. The molecule has 0 spiro atoms. The monoisotopic (exact) mass is 353 g/mol. The van der Waals surface area contributed by atoms with Crippen molar-refractivity contribution in [3.05, 3.63) is 18.3 Å². The van der Waals surface area contributed by atoms with Crippen molar-refractivity contribution in [2.45, 2.75) is 16.8 Å². The Bertz CT molecular complexity index is 334. The Kier molecular flexibility index (Phi) is 5.51. The van der Waals surface area contributed by atoms with Crippen LogP contribution < -0.4 is 9.47 Å². The summed E-state index contributed by atoms with van der Waals surface area (Å²) >= 11 is 6.78. The Morgan fingerprint density at radius 3 is 2.81 bits per heavy atom. The highest BCUT2D eigenvalue weighted by molar-refractivity contribution is 9.25. The van der Waals surface area contributed by atoms with Crippen LogP contribution in [0.5, 0.6) is 11.6 Å². The van der Waals surface area contributed by atoms with Gasteiger partial charge < -0.3 is 14.2 Å². The molecule has 0 saturated carbocycles. The average Bonchev–Trinajstić information content (AvgIpc) is 2.27. The maximum atomic E-state index is 5.62. The van der Waals surface area contributed by atoms with Crippen LogP contribution in [-0.2, 0) is 4.74 Å². The van der Waals surface area contributed by atoms with Crippen LogP contribution in [0, 0.1) is 0 Å². The first-order chi connectivity index (χ1) is 7.59. The molecular formula is C10H13Br2NO3. The van der Waals surface area contributed by atoms with Crippen LogP contribution in [-0.4, -0.2) is 22.3 Å². The molecule has 0 aliphatic heterocycles. The van der Waals surface area contributed by atoms with Gasteiger partial charge in [-0.3, -0.25) is 0 Å². The van der Waals surface area contributed by atoms with Crippen molar-refractivity contribution in [2.75, 3.05) is 13.9 Å². The summed E-state index contributed by atoms with van der Waals surface area (Å²) in [6.45, 7) is 2.13. The molecule has 0 aliphatic carbocycles. The van der Waals surface area contributed by atoms with Crippen LogP contribution in [0.15, 0.2) is 18.3 Å². The van der Waals surface area contributed by atoms with E-state index in [0.29, 0.717) is 11.6 Å². The number of hydrogen-bond donors (Lipinski definition) is 0. The summed E-state index contributed by atoms with van der Waals surface area (Å²) in [4.78, 5) is 4.10. The molecule has 0 unspecified atom stereocenters. The van der Waals surface area contributed by atoms with Gasteiger partial charge in [0.05, 0.1) is 0 Å². The maximum Gasteiger partial charge on any atom is 0.259 e. The number of aromatic nitrogens is 1. The summed E-state index contributed by atoms with van der Waals surface area (Å²) in [7, 11) is 1.56. The van der Waals surface area contributed by atoms with Gasteiger partial charge in [0.15, 0.2) is 12.5 Å². The second-order valence-corrected chi connectivity index (χ2v) is 6.58. The number of halogens is 2. The van der Waals surface area contributed by atoms with Crippen molar-refractivity contribution in [3.8, 4) is 11.6 Å². The third kappa shape index (κ3) is 4.27. The summed E-state index contributed by atoms with van der Waals surface area (Å²) in [5, 5.41) is 0. The molecule has 90 valence electrons. The third-order valence-electron chi connectivity index (χ3n) is 1.73. The first-order valence-corrected chi connectivity index (χ1v) is 6.31. The lowest BCUT2D eigenvalue weighted by atomic mass is 10.4. The normalized spacial score (nSPS) is 11.2. The number of ether oxygens (including phenoxy) is 3. The van der Waals surface area contributed by atoms with Crippen molar-refractivity contribution in [1.29, 1.82) is 0 Å². The molecule has 0 aliphatic rings. The Labute approximate surface area is 112 Å². The summed E-state index contributed by atoms with van der Waals surface area (Å²) in [5.74, 6) is 0.955. The van der Waals surface area contributed by atoms with Gasteiger partial charge in [-0.25, -0.2) is 4.98 Å². The number of hydrogen-bond acceptors (Lipinski definition) is 4. The van der Waals surface area contributed by atoms with E-state index >= 15 is 0 Å². The van der Waals surface area contributed by atoms with Crippen LogP contribution in [0.25, 0.3) is 0 Å². The van der Waals surface area contributed by atoms with Crippen LogP contribution >= 0.6 is 31.9 Å². The molecule has 1 aromatic heterocycles. The van der Waals surface area contributed by atoms with E-state index in [1.165, 1.54) is 0 Å². The van der Waals surface area contributed by atoms with Crippen molar-refractivity contribution < 1.29 is 14.2 Å². The molecule has 0 radical (unpaired) electrons. The molecule has 0 fully saturated rings. The molecule has 0 saturated heterocycles. The van der Waals surface area contributed by atoms with Crippen LogP contribution in [0.1, 0.15) is 13.3 Å². The molecule has 1 heterocycles. The quantitative estimate of drug-likeness (QED) is 0.580. The third-order valence-corrected chi connectivity index (χ3v) is 3.17. The molecule has 0 amide bonds.